The number of aryl methyl sites for hydroxylation is 1. The Morgan fingerprint density at radius 3 is 2.86 bits per heavy atom. The first-order chi connectivity index (χ1) is 10.1. The van der Waals surface area contributed by atoms with Crippen molar-refractivity contribution < 1.29 is 0 Å². The SMILES string of the molecule is CCc1cc2cccc(Cl)c2c(=O)n1CC/C(=N/N)NN. The fourth-order valence-electron chi connectivity index (χ4n) is 2.34. The van der Waals surface area contributed by atoms with Crippen molar-refractivity contribution in [3.8, 4) is 0 Å². The standard InChI is InChI=1S/C14H18ClN5O/c1-2-10-8-9-4-3-5-11(15)13(9)14(21)20(10)7-6-12(18-16)19-17/h3-5,8H,2,6-7,16-17H2,1H3,(H,18,19). The molecule has 0 aliphatic heterocycles. The third kappa shape index (κ3) is 3.01. The lowest BCUT2D eigenvalue weighted by Crippen LogP contribution is -2.34. The number of aromatic nitrogens is 1. The number of rotatable bonds is 4. The van der Waals surface area contributed by atoms with Crippen LogP contribution >= 0.6 is 11.6 Å². The molecule has 21 heavy (non-hydrogen) atoms. The average molecular weight is 308 g/mol. The van der Waals surface area contributed by atoms with Gasteiger partial charge in [-0.3, -0.25) is 4.79 Å². The van der Waals surface area contributed by atoms with E-state index in [2.05, 4.69) is 10.5 Å². The minimum Gasteiger partial charge on any atom is -0.322 e. The second kappa shape index (κ2) is 6.60. The van der Waals surface area contributed by atoms with Gasteiger partial charge in [0, 0.05) is 18.7 Å². The summed E-state index contributed by atoms with van der Waals surface area (Å²) in [6.45, 7) is 2.43. The minimum atomic E-state index is -0.108. The van der Waals surface area contributed by atoms with Gasteiger partial charge in [0.1, 0.15) is 5.84 Å². The van der Waals surface area contributed by atoms with Crippen LogP contribution < -0.4 is 22.7 Å². The van der Waals surface area contributed by atoms with Gasteiger partial charge in [0.25, 0.3) is 5.56 Å². The maximum atomic E-state index is 12.7. The van der Waals surface area contributed by atoms with Crippen molar-refractivity contribution in [2.75, 3.05) is 0 Å². The van der Waals surface area contributed by atoms with Gasteiger partial charge >= 0.3 is 0 Å². The Bertz CT molecular complexity index is 738. The predicted molar refractivity (Wildman–Crippen MR) is 86.2 cm³/mol. The molecule has 1 aromatic heterocycles. The van der Waals surface area contributed by atoms with E-state index in [9.17, 15) is 4.79 Å². The van der Waals surface area contributed by atoms with Crippen LogP contribution in [0.15, 0.2) is 34.2 Å². The quantitative estimate of drug-likeness (QED) is 0.343. The van der Waals surface area contributed by atoms with E-state index in [4.69, 9.17) is 23.3 Å². The number of nitrogens with one attached hydrogen (secondary N) is 1. The summed E-state index contributed by atoms with van der Waals surface area (Å²) in [5, 5.41) is 5.37. The van der Waals surface area contributed by atoms with Crippen LogP contribution in [0.5, 0.6) is 0 Å². The van der Waals surface area contributed by atoms with E-state index in [0.29, 0.717) is 29.2 Å². The molecule has 0 aliphatic rings. The molecule has 1 heterocycles. The Morgan fingerprint density at radius 2 is 2.24 bits per heavy atom. The second-order valence-corrected chi connectivity index (χ2v) is 5.03. The number of fused-ring (bicyclic) bond motifs is 1. The third-order valence-corrected chi connectivity index (χ3v) is 3.75. The zero-order valence-electron chi connectivity index (χ0n) is 11.8. The molecular formula is C14H18ClN5O. The van der Waals surface area contributed by atoms with E-state index in [-0.39, 0.29) is 5.56 Å². The van der Waals surface area contributed by atoms with Crippen LogP contribution in [-0.2, 0) is 13.0 Å². The number of halogens is 1. The maximum Gasteiger partial charge on any atom is 0.260 e. The van der Waals surface area contributed by atoms with E-state index in [0.717, 1.165) is 17.5 Å². The van der Waals surface area contributed by atoms with Crippen LogP contribution in [0.1, 0.15) is 19.0 Å². The summed E-state index contributed by atoms with van der Waals surface area (Å²) in [6, 6.07) is 7.43. The average Bonchev–Trinajstić information content (AvgIpc) is 2.49. The van der Waals surface area contributed by atoms with Gasteiger partial charge < -0.3 is 15.8 Å². The third-order valence-electron chi connectivity index (χ3n) is 3.43. The molecule has 0 radical (unpaired) electrons. The van der Waals surface area contributed by atoms with Gasteiger partial charge in [-0.25, -0.2) is 5.84 Å². The number of pyridine rings is 1. The van der Waals surface area contributed by atoms with Gasteiger partial charge in [0.05, 0.1) is 10.4 Å². The molecule has 5 N–H and O–H groups in total. The van der Waals surface area contributed by atoms with Crippen molar-refractivity contribution >= 4 is 28.2 Å². The van der Waals surface area contributed by atoms with Crippen molar-refractivity contribution in [2.24, 2.45) is 16.8 Å². The van der Waals surface area contributed by atoms with E-state index in [1.807, 2.05) is 25.1 Å². The summed E-state index contributed by atoms with van der Waals surface area (Å²) in [5.74, 6) is 10.9. The number of hydrogen-bond donors (Lipinski definition) is 3. The number of benzene rings is 1. The Balaban J connectivity index is 2.54. The lowest BCUT2D eigenvalue weighted by Gasteiger charge is -2.14. The fourth-order valence-corrected chi connectivity index (χ4v) is 2.60. The van der Waals surface area contributed by atoms with Gasteiger partial charge in [-0.15, -0.1) is 0 Å². The molecule has 7 heteroatoms. The first kappa shape index (κ1) is 15.3. The van der Waals surface area contributed by atoms with Gasteiger partial charge in [-0.1, -0.05) is 30.7 Å². The lowest BCUT2D eigenvalue weighted by molar-refractivity contribution is 0.653. The van der Waals surface area contributed by atoms with Crippen molar-refractivity contribution in [3.05, 3.63) is 45.3 Å². The molecule has 0 saturated heterocycles. The highest BCUT2D eigenvalue weighted by Gasteiger charge is 2.11. The summed E-state index contributed by atoms with van der Waals surface area (Å²) in [5.41, 5.74) is 3.24. The number of hydrazone groups is 1. The van der Waals surface area contributed by atoms with Crippen molar-refractivity contribution in [1.82, 2.24) is 9.99 Å². The molecule has 0 fully saturated rings. The molecule has 0 spiro atoms. The van der Waals surface area contributed by atoms with E-state index >= 15 is 0 Å². The number of nitrogens with zero attached hydrogens (tertiary/aromatic N) is 2. The number of hydrazine groups is 1. The topological polar surface area (TPSA) is 98.4 Å². The molecule has 2 aromatic rings. The summed E-state index contributed by atoms with van der Waals surface area (Å²) >= 11 is 6.16. The van der Waals surface area contributed by atoms with Gasteiger partial charge in [0.15, 0.2) is 0 Å². The van der Waals surface area contributed by atoms with E-state index in [1.54, 1.807) is 10.6 Å². The van der Waals surface area contributed by atoms with E-state index in [1.165, 1.54) is 0 Å². The molecule has 1 aromatic carbocycles. The van der Waals surface area contributed by atoms with Gasteiger partial charge in [0.2, 0.25) is 0 Å². The molecule has 0 saturated carbocycles. The number of nitrogens with two attached hydrogens (primary N) is 2. The van der Waals surface area contributed by atoms with Crippen LogP contribution in [0.25, 0.3) is 10.8 Å². The molecule has 0 aliphatic carbocycles. The van der Waals surface area contributed by atoms with Crippen molar-refractivity contribution in [1.29, 1.82) is 0 Å². The van der Waals surface area contributed by atoms with Crippen LogP contribution in [0.2, 0.25) is 5.02 Å². The van der Waals surface area contributed by atoms with Gasteiger partial charge in [-0.2, -0.15) is 5.10 Å². The van der Waals surface area contributed by atoms with E-state index < -0.39 is 0 Å². The zero-order valence-corrected chi connectivity index (χ0v) is 12.5. The maximum absolute atomic E-state index is 12.7. The molecule has 0 unspecified atom stereocenters. The highest BCUT2D eigenvalue weighted by atomic mass is 35.5. The molecular weight excluding hydrogens is 290 g/mol. The van der Waals surface area contributed by atoms with Crippen LogP contribution in [0, 0.1) is 0 Å². The molecule has 0 amide bonds. The van der Waals surface area contributed by atoms with Crippen molar-refractivity contribution in [2.45, 2.75) is 26.3 Å². The monoisotopic (exact) mass is 307 g/mol. The van der Waals surface area contributed by atoms with Crippen molar-refractivity contribution in [3.63, 3.8) is 0 Å². The molecule has 0 bridgehead atoms. The smallest absolute Gasteiger partial charge is 0.260 e. The molecule has 2 rings (SSSR count). The van der Waals surface area contributed by atoms with Gasteiger partial charge in [-0.05, 0) is 23.9 Å². The number of hydrogen-bond acceptors (Lipinski definition) is 4. The van der Waals surface area contributed by atoms with Crippen LogP contribution in [0.3, 0.4) is 0 Å². The number of amidine groups is 1. The Labute approximate surface area is 127 Å². The van der Waals surface area contributed by atoms with Crippen LogP contribution in [0.4, 0.5) is 0 Å². The summed E-state index contributed by atoms with van der Waals surface area (Å²) in [4.78, 5) is 12.7. The predicted octanol–water partition coefficient (Wildman–Crippen LogP) is 1.34. The molecule has 0 atom stereocenters. The molecule has 112 valence electrons. The first-order valence-corrected chi connectivity index (χ1v) is 7.04. The summed E-state index contributed by atoms with van der Waals surface area (Å²) < 4.78 is 1.69. The highest BCUT2D eigenvalue weighted by Crippen LogP contribution is 2.21. The summed E-state index contributed by atoms with van der Waals surface area (Å²) in [7, 11) is 0. The molecule has 6 nitrogen and oxygen atoms in total. The Kier molecular flexibility index (Phi) is 4.82. The summed E-state index contributed by atoms with van der Waals surface area (Å²) in [6.07, 6.45) is 1.18. The normalized spacial score (nSPS) is 11.9. The lowest BCUT2D eigenvalue weighted by atomic mass is 10.1. The minimum absolute atomic E-state index is 0.108. The first-order valence-electron chi connectivity index (χ1n) is 6.66. The zero-order chi connectivity index (χ0) is 15.4. The van der Waals surface area contributed by atoms with Crippen LogP contribution in [-0.4, -0.2) is 10.4 Å². The Morgan fingerprint density at radius 1 is 1.48 bits per heavy atom. The second-order valence-electron chi connectivity index (χ2n) is 4.62. The Hall–Kier alpha value is -2.05. The fraction of sp³-hybridized carbons (Fsp3) is 0.286. The highest BCUT2D eigenvalue weighted by molar-refractivity contribution is 6.35. The largest absolute Gasteiger partial charge is 0.322 e.